The van der Waals surface area contributed by atoms with Crippen LogP contribution in [-0.2, 0) is 12.8 Å². The molecule has 0 aliphatic heterocycles. The third-order valence-corrected chi connectivity index (χ3v) is 7.51. The number of nitrogens with zero attached hydrogens (tertiary/aromatic N) is 2. The number of benzene rings is 1. The highest BCUT2D eigenvalue weighted by Gasteiger charge is 2.35. The largest absolute Gasteiger partial charge is 0.365 e. The fourth-order valence-electron chi connectivity index (χ4n) is 4.00. The van der Waals surface area contributed by atoms with Crippen LogP contribution in [0.1, 0.15) is 64.8 Å². The van der Waals surface area contributed by atoms with E-state index in [-0.39, 0.29) is 21.5 Å². The summed E-state index contributed by atoms with van der Waals surface area (Å²) in [4.78, 5) is 46.6. The molecule has 0 spiro atoms. The van der Waals surface area contributed by atoms with E-state index in [4.69, 9.17) is 5.73 Å². The van der Waals surface area contributed by atoms with Gasteiger partial charge < -0.3 is 11.1 Å². The number of amides is 2. The fourth-order valence-corrected chi connectivity index (χ4v) is 5.33. The highest BCUT2D eigenvalue weighted by molar-refractivity contribution is 7.17. The number of anilines is 1. The molecule has 0 saturated heterocycles. The van der Waals surface area contributed by atoms with Gasteiger partial charge in [-0.2, -0.15) is 0 Å². The molecule has 2 aromatic rings. The van der Waals surface area contributed by atoms with E-state index in [1.165, 1.54) is 11.3 Å². The number of nitrogens with one attached hydrogen (secondary N) is 1. The molecular formula is C21H24N4O6S. The zero-order chi connectivity index (χ0) is 23.8. The average molecular weight is 461 g/mol. The van der Waals surface area contributed by atoms with Crippen molar-refractivity contribution in [2.75, 3.05) is 5.32 Å². The number of primary amides is 1. The van der Waals surface area contributed by atoms with Crippen LogP contribution in [0.5, 0.6) is 0 Å². The highest BCUT2D eigenvalue weighted by Crippen LogP contribution is 2.45. The molecule has 1 aromatic carbocycles. The first-order valence-electron chi connectivity index (χ1n) is 10.1. The van der Waals surface area contributed by atoms with Gasteiger partial charge in [0.25, 0.3) is 23.2 Å². The van der Waals surface area contributed by atoms with Crippen LogP contribution in [-0.4, -0.2) is 21.7 Å². The lowest BCUT2D eigenvalue weighted by Crippen LogP contribution is -2.29. The fraction of sp³-hybridized carbons (Fsp3) is 0.429. The van der Waals surface area contributed by atoms with E-state index in [1.54, 1.807) is 0 Å². The summed E-state index contributed by atoms with van der Waals surface area (Å²) >= 11 is 1.26. The van der Waals surface area contributed by atoms with Gasteiger partial charge in [0, 0.05) is 17.0 Å². The summed E-state index contributed by atoms with van der Waals surface area (Å²) < 4.78 is 0. The van der Waals surface area contributed by atoms with Gasteiger partial charge >= 0.3 is 0 Å². The normalized spacial score (nSPS) is 15.7. The van der Waals surface area contributed by atoms with Gasteiger partial charge in [-0.25, -0.2) is 0 Å². The van der Waals surface area contributed by atoms with Crippen LogP contribution < -0.4 is 11.1 Å². The Labute approximate surface area is 188 Å². The second-order valence-electron chi connectivity index (χ2n) is 8.56. The number of nitrogens with two attached hydrogens (primary N) is 1. The maximum Gasteiger partial charge on any atom is 0.277 e. The van der Waals surface area contributed by atoms with E-state index in [2.05, 4.69) is 26.1 Å². The zero-order valence-corrected chi connectivity index (χ0v) is 18.8. The molecule has 0 bridgehead atoms. The molecule has 3 rings (SSSR count). The van der Waals surface area contributed by atoms with Crippen molar-refractivity contribution in [1.82, 2.24) is 0 Å². The molecule has 0 saturated carbocycles. The lowest BCUT2D eigenvalue weighted by Gasteiger charge is -2.36. The Morgan fingerprint density at radius 3 is 2.28 bits per heavy atom. The minimum atomic E-state index is -0.807. The molecule has 2 amide bonds. The topological polar surface area (TPSA) is 158 Å². The molecule has 10 nitrogen and oxygen atoms in total. The number of rotatable bonds is 7. The minimum Gasteiger partial charge on any atom is -0.365 e. The molecule has 11 heteroatoms. The van der Waals surface area contributed by atoms with Gasteiger partial charge in [-0.05, 0) is 36.2 Å². The average Bonchev–Trinajstić information content (AvgIpc) is 3.10. The quantitative estimate of drug-likeness (QED) is 0.458. The lowest BCUT2D eigenvalue weighted by molar-refractivity contribution is -0.394. The Kier molecular flexibility index (Phi) is 6.31. The monoisotopic (exact) mass is 460 g/mol. The summed E-state index contributed by atoms with van der Waals surface area (Å²) in [6.45, 7) is 6.56. The Morgan fingerprint density at radius 1 is 1.19 bits per heavy atom. The minimum absolute atomic E-state index is 0.125. The molecule has 1 unspecified atom stereocenters. The molecule has 0 radical (unpaired) electrons. The summed E-state index contributed by atoms with van der Waals surface area (Å²) in [5.74, 6) is -1.04. The number of nitro benzene ring substituents is 2. The number of nitro groups is 2. The maximum absolute atomic E-state index is 12.8. The van der Waals surface area contributed by atoms with E-state index in [9.17, 15) is 29.8 Å². The van der Waals surface area contributed by atoms with Gasteiger partial charge in [-0.15, -0.1) is 11.3 Å². The predicted octanol–water partition coefficient (Wildman–Crippen LogP) is 4.46. The molecule has 0 fully saturated rings. The van der Waals surface area contributed by atoms with Crippen molar-refractivity contribution in [1.29, 1.82) is 0 Å². The van der Waals surface area contributed by atoms with Crippen molar-refractivity contribution in [2.24, 2.45) is 17.1 Å². The molecular weight excluding hydrogens is 436 g/mol. The van der Waals surface area contributed by atoms with Crippen molar-refractivity contribution < 1.29 is 19.4 Å². The van der Waals surface area contributed by atoms with E-state index in [0.717, 1.165) is 47.9 Å². The van der Waals surface area contributed by atoms with Crippen LogP contribution in [0.25, 0.3) is 0 Å². The Bertz CT molecular complexity index is 1090. The van der Waals surface area contributed by atoms with E-state index < -0.39 is 33.0 Å². The van der Waals surface area contributed by atoms with E-state index in [1.807, 2.05) is 0 Å². The van der Waals surface area contributed by atoms with E-state index in [0.29, 0.717) is 12.3 Å². The first-order valence-corrected chi connectivity index (χ1v) is 11.0. The standard InChI is InChI=1S/C21H24N4O6S/c1-4-21(2,3)12-5-6-15-16(9-12)32-20(17(15)18(22)26)23-19(27)11-7-13(24(28)29)10-14(8-11)25(30)31/h7-8,10,12H,4-6,9H2,1-3H3,(H2,22,26)(H,23,27). The van der Waals surface area contributed by atoms with Crippen molar-refractivity contribution in [2.45, 2.75) is 46.5 Å². The molecule has 1 atom stereocenters. The molecule has 32 heavy (non-hydrogen) atoms. The molecule has 1 heterocycles. The lowest BCUT2D eigenvalue weighted by atomic mass is 9.69. The summed E-state index contributed by atoms with van der Waals surface area (Å²) in [6.07, 6.45) is 3.33. The number of carbonyl (C=O) groups excluding carboxylic acids is 2. The summed E-state index contributed by atoms with van der Waals surface area (Å²) in [7, 11) is 0. The number of fused-ring (bicyclic) bond motifs is 1. The van der Waals surface area contributed by atoms with Gasteiger partial charge in [0.2, 0.25) is 0 Å². The summed E-state index contributed by atoms with van der Waals surface area (Å²) in [5.41, 5.74) is 5.40. The third-order valence-electron chi connectivity index (χ3n) is 6.34. The first kappa shape index (κ1) is 23.3. The second kappa shape index (κ2) is 8.65. The number of hydrogen-bond donors (Lipinski definition) is 2. The number of carbonyl (C=O) groups is 2. The Hall–Kier alpha value is -3.34. The summed E-state index contributed by atoms with van der Waals surface area (Å²) in [5, 5.41) is 25.1. The molecule has 1 aliphatic rings. The van der Waals surface area contributed by atoms with Gasteiger partial charge in [0.05, 0.1) is 27.0 Å². The highest BCUT2D eigenvalue weighted by atomic mass is 32.1. The van der Waals surface area contributed by atoms with Gasteiger partial charge in [-0.3, -0.25) is 29.8 Å². The smallest absolute Gasteiger partial charge is 0.277 e. The Morgan fingerprint density at radius 2 is 1.78 bits per heavy atom. The molecule has 170 valence electrons. The molecule has 3 N–H and O–H groups in total. The predicted molar refractivity (Wildman–Crippen MR) is 120 cm³/mol. The second-order valence-corrected chi connectivity index (χ2v) is 9.67. The van der Waals surface area contributed by atoms with Gasteiger partial charge in [-0.1, -0.05) is 27.2 Å². The van der Waals surface area contributed by atoms with Crippen LogP contribution >= 0.6 is 11.3 Å². The van der Waals surface area contributed by atoms with Crippen LogP contribution in [0.15, 0.2) is 18.2 Å². The van der Waals surface area contributed by atoms with Crippen molar-refractivity contribution in [3.05, 3.63) is 60.0 Å². The van der Waals surface area contributed by atoms with E-state index >= 15 is 0 Å². The maximum atomic E-state index is 12.8. The first-order chi connectivity index (χ1) is 14.9. The van der Waals surface area contributed by atoms with Gasteiger partial charge in [0.1, 0.15) is 5.00 Å². The number of non-ortho nitro benzene ring substituents is 2. The molecule has 1 aromatic heterocycles. The SMILES string of the molecule is CCC(C)(C)C1CCc2c(sc(NC(=O)c3cc([N+](=O)[O-])cc([N+](=O)[O-])c3)c2C(N)=O)C1. The van der Waals surface area contributed by atoms with Crippen molar-refractivity contribution in [3.8, 4) is 0 Å². The number of hydrogen-bond acceptors (Lipinski definition) is 7. The summed E-state index contributed by atoms with van der Waals surface area (Å²) in [6, 6.07) is 2.70. The van der Waals surface area contributed by atoms with Crippen molar-refractivity contribution >= 4 is 39.5 Å². The number of thiophene rings is 1. The van der Waals surface area contributed by atoms with Crippen LogP contribution in [0.3, 0.4) is 0 Å². The van der Waals surface area contributed by atoms with Crippen LogP contribution in [0.2, 0.25) is 0 Å². The third kappa shape index (κ3) is 4.47. The van der Waals surface area contributed by atoms with Crippen LogP contribution in [0, 0.1) is 31.6 Å². The molecule has 1 aliphatic carbocycles. The Balaban J connectivity index is 1.97. The van der Waals surface area contributed by atoms with Gasteiger partial charge in [0.15, 0.2) is 0 Å². The zero-order valence-electron chi connectivity index (χ0n) is 18.0. The van der Waals surface area contributed by atoms with Crippen molar-refractivity contribution in [3.63, 3.8) is 0 Å². The van der Waals surface area contributed by atoms with Crippen LogP contribution in [0.4, 0.5) is 16.4 Å².